The molecule has 4 rings (SSSR count). The van der Waals surface area contributed by atoms with Crippen LogP contribution in [0.2, 0.25) is 0 Å². The van der Waals surface area contributed by atoms with E-state index in [1.165, 1.54) is 11.3 Å². The topological polar surface area (TPSA) is 79.1 Å². The fourth-order valence-corrected chi connectivity index (χ4v) is 4.33. The first-order valence-corrected chi connectivity index (χ1v) is 10.5. The van der Waals surface area contributed by atoms with Gasteiger partial charge in [-0.25, -0.2) is 0 Å². The average Bonchev–Trinajstić information content (AvgIpc) is 3.04. The molecule has 0 saturated heterocycles. The highest BCUT2D eigenvalue weighted by Crippen LogP contribution is 2.31. The summed E-state index contributed by atoms with van der Waals surface area (Å²) in [4.78, 5) is 29.8. The molecule has 0 fully saturated rings. The number of fused-ring (bicyclic) bond motifs is 2. The van der Waals surface area contributed by atoms with Crippen molar-refractivity contribution in [3.8, 4) is 11.5 Å². The number of carbonyl (C=O) groups excluding carboxylic acids is 2. The van der Waals surface area contributed by atoms with Crippen LogP contribution >= 0.6 is 11.3 Å². The van der Waals surface area contributed by atoms with E-state index in [0.29, 0.717) is 41.7 Å². The molecule has 7 nitrogen and oxygen atoms in total. The summed E-state index contributed by atoms with van der Waals surface area (Å²) in [7, 11) is 0. The summed E-state index contributed by atoms with van der Waals surface area (Å²) in [6.07, 6.45) is 0. The van der Waals surface area contributed by atoms with Crippen molar-refractivity contribution in [3.63, 3.8) is 0 Å². The second kappa shape index (κ2) is 8.31. The van der Waals surface area contributed by atoms with E-state index in [9.17, 15) is 9.59 Å². The molecule has 8 heteroatoms. The molecule has 1 amide bonds. The molecule has 0 saturated carbocycles. The van der Waals surface area contributed by atoms with E-state index in [2.05, 4.69) is 4.99 Å². The van der Waals surface area contributed by atoms with Crippen molar-refractivity contribution < 1.29 is 23.8 Å². The second-order valence-corrected chi connectivity index (χ2v) is 7.96. The Bertz CT molecular complexity index is 1210. The predicted molar refractivity (Wildman–Crippen MR) is 113 cm³/mol. The smallest absolute Gasteiger partial charge is 0.326 e. The van der Waals surface area contributed by atoms with Crippen LogP contribution in [0.25, 0.3) is 10.2 Å². The zero-order valence-electron chi connectivity index (χ0n) is 17.1. The summed E-state index contributed by atoms with van der Waals surface area (Å²) in [5.74, 6) is 0.362. The van der Waals surface area contributed by atoms with Gasteiger partial charge in [-0.2, -0.15) is 4.99 Å². The van der Waals surface area contributed by atoms with Crippen molar-refractivity contribution in [2.24, 2.45) is 4.99 Å². The molecule has 0 N–H and O–H groups in total. The highest BCUT2D eigenvalue weighted by molar-refractivity contribution is 7.16. The van der Waals surface area contributed by atoms with Crippen molar-refractivity contribution in [2.45, 2.75) is 27.3 Å². The van der Waals surface area contributed by atoms with Gasteiger partial charge in [0.15, 0.2) is 16.3 Å². The van der Waals surface area contributed by atoms with Gasteiger partial charge in [-0.1, -0.05) is 11.3 Å². The van der Waals surface area contributed by atoms with E-state index in [1.54, 1.807) is 29.7 Å². The van der Waals surface area contributed by atoms with Gasteiger partial charge in [-0.3, -0.25) is 9.59 Å². The molecule has 3 aromatic rings. The van der Waals surface area contributed by atoms with E-state index >= 15 is 0 Å². The van der Waals surface area contributed by atoms with Gasteiger partial charge in [0.25, 0.3) is 5.91 Å². The van der Waals surface area contributed by atoms with Crippen molar-refractivity contribution in [1.29, 1.82) is 0 Å². The largest absolute Gasteiger partial charge is 0.486 e. The molecule has 0 atom stereocenters. The highest BCUT2D eigenvalue weighted by Gasteiger charge is 2.17. The van der Waals surface area contributed by atoms with E-state index in [4.69, 9.17) is 14.2 Å². The number of nitrogens with zero attached hydrogens (tertiary/aromatic N) is 2. The summed E-state index contributed by atoms with van der Waals surface area (Å²) < 4.78 is 18.9. The first-order chi connectivity index (χ1) is 14.5. The Morgan fingerprint density at radius 3 is 2.60 bits per heavy atom. The van der Waals surface area contributed by atoms with Gasteiger partial charge in [-0.15, -0.1) is 0 Å². The summed E-state index contributed by atoms with van der Waals surface area (Å²) >= 11 is 1.37. The molecular formula is C22H22N2O5S. The van der Waals surface area contributed by atoms with Gasteiger partial charge < -0.3 is 18.8 Å². The Balaban J connectivity index is 1.79. The molecule has 2 heterocycles. The summed E-state index contributed by atoms with van der Waals surface area (Å²) in [5, 5.41) is 0. The second-order valence-electron chi connectivity index (χ2n) is 6.96. The van der Waals surface area contributed by atoms with Crippen LogP contribution in [0.1, 0.15) is 28.4 Å². The normalized spacial score (nSPS) is 13.5. The van der Waals surface area contributed by atoms with Gasteiger partial charge in [0.05, 0.1) is 16.8 Å². The molecule has 1 aliphatic rings. The third kappa shape index (κ3) is 3.95. The minimum Gasteiger partial charge on any atom is -0.486 e. The molecule has 2 aromatic carbocycles. The quantitative estimate of drug-likeness (QED) is 0.598. The van der Waals surface area contributed by atoms with Crippen molar-refractivity contribution in [2.75, 3.05) is 19.8 Å². The number of ether oxygens (including phenoxy) is 3. The number of esters is 1. The van der Waals surface area contributed by atoms with E-state index in [1.807, 2.05) is 26.0 Å². The lowest BCUT2D eigenvalue weighted by Crippen LogP contribution is -2.23. The Labute approximate surface area is 177 Å². The van der Waals surface area contributed by atoms with E-state index in [-0.39, 0.29) is 12.5 Å². The minimum atomic E-state index is -0.412. The van der Waals surface area contributed by atoms with Crippen LogP contribution in [0.5, 0.6) is 11.5 Å². The number of benzene rings is 2. The molecule has 0 spiro atoms. The highest BCUT2D eigenvalue weighted by atomic mass is 32.1. The van der Waals surface area contributed by atoms with Crippen LogP contribution in [-0.4, -0.2) is 36.3 Å². The Kier molecular flexibility index (Phi) is 5.59. The zero-order chi connectivity index (χ0) is 21.3. The first kappa shape index (κ1) is 20.2. The number of amides is 1. The fraction of sp³-hybridized carbons (Fsp3) is 0.318. The van der Waals surface area contributed by atoms with Crippen LogP contribution in [-0.2, 0) is 16.1 Å². The first-order valence-electron chi connectivity index (χ1n) is 9.71. The molecule has 1 aliphatic heterocycles. The number of hydrogen-bond donors (Lipinski definition) is 0. The lowest BCUT2D eigenvalue weighted by molar-refractivity contribution is -0.143. The number of rotatable bonds is 4. The van der Waals surface area contributed by atoms with Gasteiger partial charge in [0, 0.05) is 5.56 Å². The predicted octanol–water partition coefficient (Wildman–Crippen LogP) is 3.40. The lowest BCUT2D eigenvalue weighted by Gasteiger charge is -2.18. The number of carbonyl (C=O) groups is 2. The van der Waals surface area contributed by atoms with Crippen molar-refractivity contribution >= 4 is 33.4 Å². The molecule has 156 valence electrons. The SMILES string of the molecule is CCOC(=O)Cn1c(=NC(=O)c2ccc3c(c2)OCCO3)sc2cc(C)c(C)cc21. The minimum absolute atomic E-state index is 0.0103. The Morgan fingerprint density at radius 2 is 1.83 bits per heavy atom. The number of hydrogen-bond acceptors (Lipinski definition) is 6. The van der Waals surface area contributed by atoms with Gasteiger partial charge >= 0.3 is 5.97 Å². The summed E-state index contributed by atoms with van der Waals surface area (Å²) in [6, 6.07) is 9.06. The van der Waals surface area contributed by atoms with E-state index < -0.39 is 5.91 Å². The average molecular weight is 426 g/mol. The van der Waals surface area contributed by atoms with Crippen molar-refractivity contribution in [3.05, 3.63) is 51.8 Å². The summed E-state index contributed by atoms with van der Waals surface area (Å²) in [6.45, 7) is 7.01. The van der Waals surface area contributed by atoms with Crippen LogP contribution in [0.15, 0.2) is 35.3 Å². The number of aryl methyl sites for hydroxylation is 2. The number of aromatic nitrogens is 1. The molecule has 30 heavy (non-hydrogen) atoms. The molecule has 0 radical (unpaired) electrons. The maximum absolute atomic E-state index is 12.9. The van der Waals surface area contributed by atoms with Crippen LogP contribution in [0, 0.1) is 13.8 Å². The molecule has 0 aliphatic carbocycles. The molecule has 0 unspecified atom stereocenters. The lowest BCUT2D eigenvalue weighted by atomic mass is 10.1. The molecule has 1 aromatic heterocycles. The Hall–Kier alpha value is -3.13. The van der Waals surface area contributed by atoms with Crippen LogP contribution in [0.3, 0.4) is 0 Å². The van der Waals surface area contributed by atoms with Gasteiger partial charge in [0.1, 0.15) is 19.8 Å². The third-order valence-electron chi connectivity index (χ3n) is 4.88. The monoisotopic (exact) mass is 426 g/mol. The number of thiazole rings is 1. The summed E-state index contributed by atoms with van der Waals surface area (Å²) in [5.41, 5.74) is 3.48. The molecule has 0 bridgehead atoms. The van der Waals surface area contributed by atoms with Gasteiger partial charge in [-0.05, 0) is 62.2 Å². The fourth-order valence-electron chi connectivity index (χ4n) is 3.22. The maximum Gasteiger partial charge on any atom is 0.326 e. The van der Waals surface area contributed by atoms with E-state index in [0.717, 1.165) is 21.3 Å². The van der Waals surface area contributed by atoms with Crippen molar-refractivity contribution in [1.82, 2.24) is 4.57 Å². The van der Waals surface area contributed by atoms with Crippen LogP contribution in [0.4, 0.5) is 0 Å². The molecular weight excluding hydrogens is 404 g/mol. The third-order valence-corrected chi connectivity index (χ3v) is 5.92. The standard InChI is InChI=1S/C22H22N2O5S/c1-4-27-20(25)12-24-16-9-13(2)14(3)10-19(16)30-22(24)23-21(26)15-5-6-17-18(11-15)29-8-7-28-17/h5-6,9-11H,4,7-8,12H2,1-3H3. The Morgan fingerprint density at radius 1 is 1.10 bits per heavy atom. The zero-order valence-corrected chi connectivity index (χ0v) is 17.9. The van der Waals surface area contributed by atoms with Crippen LogP contribution < -0.4 is 14.3 Å². The maximum atomic E-state index is 12.9. The van der Waals surface area contributed by atoms with Gasteiger partial charge in [0.2, 0.25) is 0 Å².